The predicted molar refractivity (Wildman–Crippen MR) is 67.9 cm³/mol. The van der Waals surface area contributed by atoms with E-state index < -0.39 is 0 Å². The van der Waals surface area contributed by atoms with E-state index in [4.69, 9.17) is 0 Å². The fraction of sp³-hybridized carbons (Fsp3) is 0.643. The molecule has 0 aromatic rings. The molecule has 1 rings (SSSR count). The van der Waals surface area contributed by atoms with Crippen LogP contribution >= 0.6 is 0 Å². The molecule has 0 aromatic heterocycles. The lowest BCUT2D eigenvalue weighted by atomic mass is 10.1. The zero-order chi connectivity index (χ0) is 12.1. The third kappa shape index (κ3) is 3.51. The highest BCUT2D eigenvalue weighted by Crippen LogP contribution is 2.27. The number of carbonyl (C=O) groups excluding carboxylic acids is 1. The van der Waals surface area contributed by atoms with Gasteiger partial charge in [0.15, 0.2) is 0 Å². The Labute approximate surface area is 99.0 Å². The average Bonchev–Trinajstić information content (AvgIpc) is 2.43. The minimum Gasteiger partial charge on any atom is -0.317 e. The largest absolute Gasteiger partial charge is 0.317 e. The van der Waals surface area contributed by atoms with Gasteiger partial charge in [0, 0.05) is 24.6 Å². The Kier molecular flexibility index (Phi) is 4.78. The van der Waals surface area contributed by atoms with Crippen molar-refractivity contribution in [3.8, 4) is 0 Å². The molecule has 1 atom stereocenters. The van der Waals surface area contributed by atoms with Crippen LogP contribution in [0.4, 0.5) is 0 Å². The van der Waals surface area contributed by atoms with Crippen molar-refractivity contribution in [3.63, 3.8) is 0 Å². The molecule has 0 radical (unpaired) electrons. The van der Waals surface area contributed by atoms with Gasteiger partial charge in [-0.1, -0.05) is 25.5 Å². The van der Waals surface area contributed by atoms with Crippen LogP contribution in [0.3, 0.4) is 0 Å². The van der Waals surface area contributed by atoms with Crippen molar-refractivity contribution in [2.24, 2.45) is 5.92 Å². The molecule has 0 aromatic carbocycles. The maximum absolute atomic E-state index is 11.6. The van der Waals surface area contributed by atoms with Crippen LogP contribution in [0, 0.1) is 5.92 Å². The van der Waals surface area contributed by atoms with Crippen LogP contribution in [0.5, 0.6) is 0 Å². The lowest BCUT2D eigenvalue weighted by molar-refractivity contribution is -0.126. The van der Waals surface area contributed by atoms with Crippen LogP contribution in [0.15, 0.2) is 24.4 Å². The van der Waals surface area contributed by atoms with E-state index in [0.717, 1.165) is 31.5 Å². The minimum absolute atomic E-state index is 0.248. The third-order valence-corrected chi connectivity index (χ3v) is 3.18. The Bertz CT molecular complexity index is 293. The van der Waals surface area contributed by atoms with Crippen molar-refractivity contribution in [1.29, 1.82) is 0 Å². The van der Waals surface area contributed by atoms with Crippen LogP contribution in [-0.4, -0.2) is 17.4 Å². The first kappa shape index (κ1) is 13.0. The first-order valence-electron chi connectivity index (χ1n) is 6.16. The first-order valence-corrected chi connectivity index (χ1v) is 6.16. The van der Waals surface area contributed by atoms with E-state index in [1.165, 1.54) is 12.0 Å². The molecule has 0 N–H and O–H groups in total. The molecule has 0 aliphatic carbocycles. The van der Waals surface area contributed by atoms with Crippen molar-refractivity contribution >= 4 is 5.91 Å². The second-order valence-electron chi connectivity index (χ2n) is 4.91. The summed E-state index contributed by atoms with van der Waals surface area (Å²) in [7, 11) is 0. The van der Waals surface area contributed by atoms with Crippen LogP contribution in [0.1, 0.15) is 46.0 Å². The van der Waals surface area contributed by atoms with Gasteiger partial charge in [0.05, 0.1) is 0 Å². The number of amides is 1. The summed E-state index contributed by atoms with van der Waals surface area (Å²) >= 11 is 0. The van der Waals surface area contributed by atoms with E-state index >= 15 is 0 Å². The number of unbranched alkanes of at least 4 members (excludes halogenated alkanes) is 2. The van der Waals surface area contributed by atoms with Gasteiger partial charge >= 0.3 is 0 Å². The number of allylic oxidation sites excluding steroid dienone is 2. The molecule has 1 aliphatic heterocycles. The van der Waals surface area contributed by atoms with Crippen molar-refractivity contribution in [2.75, 3.05) is 6.54 Å². The highest BCUT2D eigenvalue weighted by Gasteiger charge is 2.29. The number of hydrogen-bond donors (Lipinski definition) is 0. The molecule has 1 saturated heterocycles. The molecule has 0 saturated carbocycles. The lowest BCUT2D eigenvalue weighted by Crippen LogP contribution is -2.24. The fourth-order valence-electron chi connectivity index (χ4n) is 2.06. The molecule has 1 amide bonds. The Hall–Kier alpha value is -1.05. The molecular formula is C14H23NO. The number of carbonyl (C=O) groups is 1. The van der Waals surface area contributed by atoms with Gasteiger partial charge in [-0.15, -0.1) is 6.58 Å². The van der Waals surface area contributed by atoms with Crippen molar-refractivity contribution < 1.29 is 4.79 Å². The van der Waals surface area contributed by atoms with Crippen LogP contribution in [0.2, 0.25) is 0 Å². The molecule has 1 fully saturated rings. The van der Waals surface area contributed by atoms with Gasteiger partial charge in [-0.05, 0) is 26.2 Å². The van der Waals surface area contributed by atoms with E-state index in [0.29, 0.717) is 12.3 Å². The number of hydrogen-bond acceptors (Lipinski definition) is 1. The van der Waals surface area contributed by atoms with Gasteiger partial charge in [-0.25, -0.2) is 0 Å². The Morgan fingerprint density at radius 2 is 2.12 bits per heavy atom. The molecule has 16 heavy (non-hydrogen) atoms. The normalized spacial score (nSPS) is 20.6. The summed E-state index contributed by atoms with van der Waals surface area (Å²) in [4.78, 5) is 13.5. The zero-order valence-electron chi connectivity index (χ0n) is 10.6. The second kappa shape index (κ2) is 5.88. The molecule has 0 bridgehead atoms. The Morgan fingerprint density at radius 3 is 2.62 bits per heavy atom. The summed E-state index contributed by atoms with van der Waals surface area (Å²) in [5.41, 5.74) is 2.25. The van der Waals surface area contributed by atoms with E-state index in [2.05, 4.69) is 27.0 Å². The highest BCUT2D eigenvalue weighted by atomic mass is 16.2. The van der Waals surface area contributed by atoms with Crippen LogP contribution in [-0.2, 0) is 4.79 Å². The molecule has 1 aliphatic rings. The summed E-state index contributed by atoms with van der Waals surface area (Å²) < 4.78 is 0. The molecular weight excluding hydrogens is 198 g/mol. The smallest absolute Gasteiger partial charge is 0.227 e. The van der Waals surface area contributed by atoms with Gasteiger partial charge in [0.25, 0.3) is 0 Å². The van der Waals surface area contributed by atoms with Crippen molar-refractivity contribution in [2.45, 2.75) is 46.0 Å². The lowest BCUT2D eigenvalue weighted by Gasteiger charge is -2.18. The van der Waals surface area contributed by atoms with E-state index in [1.54, 1.807) is 0 Å². The summed E-state index contributed by atoms with van der Waals surface area (Å²) in [6.45, 7) is 12.8. The van der Waals surface area contributed by atoms with Crippen LogP contribution < -0.4 is 0 Å². The molecule has 90 valence electrons. The molecule has 2 nitrogen and oxygen atoms in total. The highest BCUT2D eigenvalue weighted by molar-refractivity contribution is 5.81. The molecule has 1 heterocycles. The van der Waals surface area contributed by atoms with E-state index in [9.17, 15) is 4.79 Å². The first-order chi connectivity index (χ1) is 7.52. The SMILES string of the molecule is C=C(C)CCCCCN1C(=C)C(C)CC1=O. The zero-order valence-corrected chi connectivity index (χ0v) is 10.6. The van der Waals surface area contributed by atoms with Crippen LogP contribution in [0.25, 0.3) is 0 Å². The van der Waals surface area contributed by atoms with Gasteiger partial charge in [-0.2, -0.15) is 0 Å². The summed E-state index contributed by atoms with van der Waals surface area (Å²) in [5.74, 6) is 0.584. The van der Waals surface area contributed by atoms with Crippen molar-refractivity contribution in [1.82, 2.24) is 4.90 Å². The number of rotatable bonds is 6. The Morgan fingerprint density at radius 1 is 1.44 bits per heavy atom. The fourth-order valence-corrected chi connectivity index (χ4v) is 2.06. The summed E-state index contributed by atoms with van der Waals surface area (Å²) in [6, 6.07) is 0. The predicted octanol–water partition coefficient (Wildman–Crippen LogP) is 3.51. The standard InChI is InChI=1S/C14H23NO/c1-11(2)8-6-5-7-9-15-13(4)12(3)10-14(15)16/h12H,1,4-10H2,2-3H3. The van der Waals surface area contributed by atoms with Gasteiger partial charge in [0.2, 0.25) is 5.91 Å². The molecule has 0 spiro atoms. The van der Waals surface area contributed by atoms with E-state index in [-0.39, 0.29) is 5.91 Å². The van der Waals surface area contributed by atoms with Crippen molar-refractivity contribution in [3.05, 3.63) is 24.4 Å². The summed E-state index contributed by atoms with van der Waals surface area (Å²) in [5, 5.41) is 0. The summed E-state index contributed by atoms with van der Waals surface area (Å²) in [6.07, 6.45) is 5.17. The van der Waals surface area contributed by atoms with Gasteiger partial charge in [-0.3, -0.25) is 4.79 Å². The molecule has 1 unspecified atom stereocenters. The second-order valence-corrected chi connectivity index (χ2v) is 4.91. The molecule has 2 heteroatoms. The number of nitrogens with zero attached hydrogens (tertiary/aromatic N) is 1. The average molecular weight is 221 g/mol. The number of likely N-dealkylation sites (tertiary alicyclic amines) is 1. The maximum Gasteiger partial charge on any atom is 0.227 e. The minimum atomic E-state index is 0.248. The van der Waals surface area contributed by atoms with Gasteiger partial charge < -0.3 is 4.90 Å². The quantitative estimate of drug-likeness (QED) is 0.496. The third-order valence-electron chi connectivity index (χ3n) is 3.18. The van der Waals surface area contributed by atoms with E-state index in [1.807, 2.05) is 4.90 Å². The Balaban J connectivity index is 2.20. The maximum atomic E-state index is 11.6. The monoisotopic (exact) mass is 221 g/mol. The topological polar surface area (TPSA) is 20.3 Å². The van der Waals surface area contributed by atoms with Gasteiger partial charge in [0.1, 0.15) is 0 Å².